The molecule has 1 aromatic rings. The summed E-state index contributed by atoms with van der Waals surface area (Å²) in [6, 6.07) is 3.28. The molecule has 1 rings (SSSR count). The Labute approximate surface area is 109 Å². The first-order valence-corrected chi connectivity index (χ1v) is 7.03. The first-order valence-electron chi connectivity index (χ1n) is 4.72. The van der Waals surface area contributed by atoms with E-state index in [1.54, 1.807) is 7.05 Å². The van der Waals surface area contributed by atoms with Gasteiger partial charge in [0.1, 0.15) is 0 Å². The van der Waals surface area contributed by atoms with E-state index in [2.05, 4.69) is 17.2 Å². The van der Waals surface area contributed by atoms with Gasteiger partial charge < -0.3 is 5.32 Å². The molecule has 1 aromatic carbocycles. The van der Waals surface area contributed by atoms with Crippen molar-refractivity contribution in [1.82, 2.24) is 5.32 Å². The first-order chi connectivity index (χ1) is 8.34. The van der Waals surface area contributed by atoms with E-state index in [0.717, 1.165) is 6.07 Å². The molecule has 0 amide bonds. The second kappa shape index (κ2) is 5.82. The quantitative estimate of drug-likeness (QED) is 0.389. The van der Waals surface area contributed by atoms with Crippen LogP contribution in [0.3, 0.4) is 0 Å². The van der Waals surface area contributed by atoms with Gasteiger partial charge in [0.05, 0.1) is 16.4 Å². The van der Waals surface area contributed by atoms with Gasteiger partial charge in [0, 0.05) is 28.4 Å². The highest BCUT2D eigenvalue weighted by atomic mass is 35.7. The lowest BCUT2D eigenvalue weighted by Crippen LogP contribution is -2.04. The Kier molecular flexibility index (Phi) is 4.67. The summed E-state index contributed by atoms with van der Waals surface area (Å²) >= 11 is 0. The monoisotopic (exact) mass is 288 g/mol. The summed E-state index contributed by atoms with van der Waals surface area (Å²) in [5.74, 6) is 5.29. The Morgan fingerprint density at radius 2 is 2.11 bits per heavy atom. The molecule has 0 aromatic heterocycles. The van der Waals surface area contributed by atoms with E-state index in [-0.39, 0.29) is 16.1 Å². The summed E-state index contributed by atoms with van der Waals surface area (Å²) in [5, 5.41) is 13.4. The van der Waals surface area contributed by atoms with E-state index >= 15 is 0 Å². The van der Waals surface area contributed by atoms with Crippen molar-refractivity contribution >= 4 is 25.4 Å². The minimum atomic E-state index is -4.03. The molecule has 0 radical (unpaired) electrons. The number of rotatable bonds is 3. The van der Waals surface area contributed by atoms with Gasteiger partial charge in [-0.15, -0.1) is 0 Å². The molecule has 0 spiro atoms. The van der Waals surface area contributed by atoms with Gasteiger partial charge in [-0.3, -0.25) is 10.1 Å². The number of halogens is 1. The van der Waals surface area contributed by atoms with Crippen LogP contribution in [-0.4, -0.2) is 26.9 Å². The number of nitro benzene ring substituents is 1. The zero-order valence-electron chi connectivity index (χ0n) is 9.31. The lowest BCUT2D eigenvalue weighted by Gasteiger charge is -1.98. The molecule has 96 valence electrons. The van der Waals surface area contributed by atoms with Crippen LogP contribution < -0.4 is 5.32 Å². The molecule has 18 heavy (non-hydrogen) atoms. The van der Waals surface area contributed by atoms with Crippen LogP contribution in [0.15, 0.2) is 23.1 Å². The molecule has 1 N–H and O–H groups in total. The number of nitrogens with one attached hydrogen (secondary N) is 1. The van der Waals surface area contributed by atoms with Crippen LogP contribution in [0.25, 0.3) is 0 Å². The molecule has 0 aliphatic carbocycles. The average Bonchev–Trinajstić information content (AvgIpc) is 2.28. The van der Waals surface area contributed by atoms with Crippen molar-refractivity contribution in [2.45, 2.75) is 4.90 Å². The maximum atomic E-state index is 11.2. The van der Waals surface area contributed by atoms with Crippen LogP contribution in [-0.2, 0) is 9.05 Å². The van der Waals surface area contributed by atoms with Crippen molar-refractivity contribution in [1.29, 1.82) is 0 Å². The third kappa shape index (κ3) is 4.00. The summed E-state index contributed by atoms with van der Waals surface area (Å²) in [4.78, 5) is 9.63. The average molecular weight is 289 g/mol. The van der Waals surface area contributed by atoms with Gasteiger partial charge in [-0.2, -0.15) is 0 Å². The maximum Gasteiger partial charge on any atom is 0.272 e. The minimum Gasteiger partial charge on any atom is -0.309 e. The zero-order valence-corrected chi connectivity index (χ0v) is 10.9. The Morgan fingerprint density at radius 1 is 1.44 bits per heavy atom. The van der Waals surface area contributed by atoms with Gasteiger partial charge >= 0.3 is 0 Å². The smallest absolute Gasteiger partial charge is 0.272 e. The number of hydrogen-bond acceptors (Lipinski definition) is 5. The van der Waals surface area contributed by atoms with Crippen LogP contribution in [0.2, 0.25) is 0 Å². The standard InChI is InChI=1S/C10H9ClN2O4S/c1-12-4-2-3-8-5-9(13(14)15)7-10(6-8)18(11,16)17/h5-7,12H,4H2,1H3. The number of benzene rings is 1. The molecule has 0 bridgehead atoms. The second-order valence-electron chi connectivity index (χ2n) is 3.24. The molecular weight excluding hydrogens is 280 g/mol. The van der Waals surface area contributed by atoms with Crippen LogP contribution >= 0.6 is 10.7 Å². The SMILES string of the molecule is CNCC#Cc1cc([N+](=O)[O-])cc(S(=O)(=O)Cl)c1. The van der Waals surface area contributed by atoms with Crippen molar-refractivity contribution in [2.75, 3.05) is 13.6 Å². The van der Waals surface area contributed by atoms with Gasteiger partial charge in [0.25, 0.3) is 14.7 Å². The van der Waals surface area contributed by atoms with Crippen molar-refractivity contribution < 1.29 is 13.3 Å². The van der Waals surface area contributed by atoms with Gasteiger partial charge in [-0.05, 0) is 13.1 Å². The molecule has 0 saturated carbocycles. The van der Waals surface area contributed by atoms with Crippen molar-refractivity contribution in [3.05, 3.63) is 33.9 Å². The molecule has 8 heteroatoms. The summed E-state index contributed by atoms with van der Waals surface area (Å²) in [6.45, 7) is 0.381. The summed E-state index contributed by atoms with van der Waals surface area (Å²) in [7, 11) is 2.82. The zero-order chi connectivity index (χ0) is 13.8. The number of hydrogen-bond donors (Lipinski definition) is 1. The van der Waals surface area contributed by atoms with E-state index in [4.69, 9.17) is 10.7 Å². The predicted octanol–water partition coefficient (Wildman–Crippen LogP) is 1.09. The summed E-state index contributed by atoms with van der Waals surface area (Å²) in [5.41, 5.74) is -0.149. The minimum absolute atomic E-state index is 0.221. The van der Waals surface area contributed by atoms with E-state index in [1.807, 2.05) is 0 Å². The fourth-order valence-corrected chi connectivity index (χ4v) is 1.93. The van der Waals surface area contributed by atoms with Crippen LogP contribution in [0, 0.1) is 22.0 Å². The highest BCUT2D eigenvalue weighted by Gasteiger charge is 2.16. The molecule has 0 atom stereocenters. The van der Waals surface area contributed by atoms with E-state index in [1.165, 1.54) is 12.1 Å². The summed E-state index contributed by atoms with van der Waals surface area (Å²) < 4.78 is 22.3. The largest absolute Gasteiger partial charge is 0.309 e. The van der Waals surface area contributed by atoms with Crippen molar-refractivity contribution in [2.24, 2.45) is 0 Å². The lowest BCUT2D eigenvalue weighted by atomic mass is 10.2. The molecule has 0 heterocycles. The molecule has 0 fully saturated rings. The van der Waals surface area contributed by atoms with Gasteiger partial charge in [-0.1, -0.05) is 11.8 Å². The highest BCUT2D eigenvalue weighted by molar-refractivity contribution is 8.13. The number of non-ortho nitro benzene ring substituents is 1. The van der Waals surface area contributed by atoms with E-state index in [9.17, 15) is 18.5 Å². The van der Waals surface area contributed by atoms with Crippen LogP contribution in [0.4, 0.5) is 5.69 Å². The van der Waals surface area contributed by atoms with Crippen molar-refractivity contribution in [3.8, 4) is 11.8 Å². The second-order valence-corrected chi connectivity index (χ2v) is 5.81. The Balaban J connectivity index is 3.33. The van der Waals surface area contributed by atoms with Gasteiger partial charge in [0.2, 0.25) is 0 Å². The van der Waals surface area contributed by atoms with E-state index in [0.29, 0.717) is 6.54 Å². The lowest BCUT2D eigenvalue weighted by molar-refractivity contribution is -0.385. The third-order valence-corrected chi connectivity index (χ3v) is 3.21. The predicted molar refractivity (Wildman–Crippen MR) is 66.9 cm³/mol. The fourth-order valence-electron chi connectivity index (χ4n) is 1.14. The number of nitrogens with zero attached hydrogens (tertiary/aromatic N) is 1. The highest BCUT2D eigenvalue weighted by Crippen LogP contribution is 2.22. The fraction of sp³-hybridized carbons (Fsp3) is 0.200. The maximum absolute atomic E-state index is 11.2. The molecule has 0 unspecified atom stereocenters. The van der Waals surface area contributed by atoms with E-state index < -0.39 is 14.0 Å². The molecule has 6 nitrogen and oxygen atoms in total. The van der Waals surface area contributed by atoms with Crippen LogP contribution in [0.1, 0.15) is 5.56 Å². The normalized spacial score (nSPS) is 10.6. The first kappa shape index (κ1) is 14.4. The molecular formula is C10H9ClN2O4S. The van der Waals surface area contributed by atoms with Crippen LogP contribution in [0.5, 0.6) is 0 Å². The van der Waals surface area contributed by atoms with Gasteiger partial charge in [-0.25, -0.2) is 8.42 Å². The van der Waals surface area contributed by atoms with Gasteiger partial charge in [0.15, 0.2) is 0 Å². The third-order valence-electron chi connectivity index (χ3n) is 1.88. The Morgan fingerprint density at radius 3 is 2.61 bits per heavy atom. The van der Waals surface area contributed by atoms with Crippen molar-refractivity contribution in [3.63, 3.8) is 0 Å². The molecule has 0 saturated heterocycles. The Bertz CT molecular complexity index is 631. The number of nitro groups is 1. The Hall–Kier alpha value is -1.62. The molecule has 0 aliphatic rings. The summed E-state index contributed by atoms with van der Waals surface area (Å²) in [6.07, 6.45) is 0. The molecule has 0 aliphatic heterocycles. The topological polar surface area (TPSA) is 89.3 Å².